The van der Waals surface area contributed by atoms with E-state index < -0.39 is 12.3 Å². The predicted molar refractivity (Wildman–Crippen MR) is 96.8 cm³/mol. The minimum Gasteiger partial charge on any atom is -0.406 e. The molecule has 0 atom stereocenters. The minimum absolute atomic E-state index is 0.261. The van der Waals surface area contributed by atoms with Gasteiger partial charge >= 0.3 is 6.36 Å². The van der Waals surface area contributed by atoms with E-state index in [1.54, 1.807) is 19.1 Å². The fourth-order valence-corrected chi connectivity index (χ4v) is 3.44. The molecule has 3 aromatic rings. The van der Waals surface area contributed by atoms with E-state index in [0.717, 1.165) is 5.69 Å². The molecule has 0 saturated heterocycles. The molecule has 0 saturated carbocycles. The molecule has 29 heavy (non-hydrogen) atoms. The quantitative estimate of drug-likeness (QED) is 0.473. The van der Waals surface area contributed by atoms with Gasteiger partial charge in [0, 0.05) is 42.0 Å². The summed E-state index contributed by atoms with van der Waals surface area (Å²) in [7, 11) is 0. The summed E-state index contributed by atoms with van der Waals surface area (Å²) in [6.07, 6.45) is -2.80. The van der Waals surface area contributed by atoms with Gasteiger partial charge < -0.3 is 14.0 Å². The number of alkyl halides is 3. The largest absolute Gasteiger partial charge is 0.573 e. The number of imidazole rings is 1. The van der Waals surface area contributed by atoms with Gasteiger partial charge in [0.05, 0.1) is 18.9 Å². The van der Waals surface area contributed by atoms with Gasteiger partial charge in [0.1, 0.15) is 11.6 Å². The fraction of sp³-hybridized carbons (Fsp3) is 0.300. The average Bonchev–Trinajstić information content (AvgIpc) is 2.84. The highest BCUT2D eigenvalue weighted by Gasteiger charge is 2.32. The molecule has 0 unspecified atom stereocenters. The SMILES string of the molecule is Cc1cc(-c2nc(-c3ccnc(F)c3)c3n2CCOCC3)ccc1OC(F)(F)F. The first-order valence-electron chi connectivity index (χ1n) is 8.97. The highest BCUT2D eigenvalue weighted by Crippen LogP contribution is 2.34. The summed E-state index contributed by atoms with van der Waals surface area (Å²) in [6, 6.07) is 7.39. The molecule has 4 rings (SSSR count). The van der Waals surface area contributed by atoms with Crippen molar-refractivity contribution < 1.29 is 27.0 Å². The number of ether oxygens (including phenoxy) is 2. The van der Waals surface area contributed by atoms with Gasteiger partial charge in [-0.3, -0.25) is 0 Å². The Hall–Kier alpha value is -2.94. The first-order valence-corrected chi connectivity index (χ1v) is 8.97. The van der Waals surface area contributed by atoms with Crippen LogP contribution in [0.5, 0.6) is 5.75 Å². The Bertz CT molecular complexity index is 1050. The van der Waals surface area contributed by atoms with Crippen LogP contribution in [-0.4, -0.2) is 34.1 Å². The second-order valence-corrected chi connectivity index (χ2v) is 6.64. The highest BCUT2D eigenvalue weighted by molar-refractivity contribution is 5.69. The lowest BCUT2D eigenvalue weighted by atomic mass is 10.1. The van der Waals surface area contributed by atoms with Crippen LogP contribution in [0.2, 0.25) is 0 Å². The summed E-state index contributed by atoms with van der Waals surface area (Å²) < 4.78 is 62.9. The summed E-state index contributed by atoms with van der Waals surface area (Å²) in [5.41, 5.74) is 3.05. The van der Waals surface area contributed by atoms with Crippen molar-refractivity contribution in [2.24, 2.45) is 0 Å². The maximum atomic E-state index is 13.7. The first kappa shape index (κ1) is 19.4. The second kappa shape index (κ2) is 7.47. The van der Waals surface area contributed by atoms with Gasteiger partial charge in [0.2, 0.25) is 5.95 Å². The molecular formula is C20H17F4N3O2. The molecule has 5 nitrogen and oxygen atoms in total. The molecule has 0 aliphatic carbocycles. The number of rotatable bonds is 3. The van der Waals surface area contributed by atoms with Crippen LogP contribution in [-0.2, 0) is 17.7 Å². The van der Waals surface area contributed by atoms with Gasteiger partial charge in [-0.2, -0.15) is 4.39 Å². The van der Waals surface area contributed by atoms with Gasteiger partial charge in [0.25, 0.3) is 0 Å². The molecule has 9 heteroatoms. The van der Waals surface area contributed by atoms with Crippen LogP contribution in [0.25, 0.3) is 22.6 Å². The van der Waals surface area contributed by atoms with Crippen molar-refractivity contribution >= 4 is 0 Å². The standard InChI is InChI=1S/C20H17F4N3O2/c1-12-10-14(2-3-16(12)29-20(22,23)24)19-26-18(13-4-6-25-17(21)11-13)15-5-8-28-9-7-27(15)19/h2-4,6,10-11H,5,7-9H2,1H3. The van der Waals surface area contributed by atoms with Crippen molar-refractivity contribution in [3.63, 3.8) is 0 Å². The van der Waals surface area contributed by atoms with Crippen LogP contribution in [0, 0.1) is 12.9 Å². The molecule has 0 amide bonds. The van der Waals surface area contributed by atoms with Gasteiger partial charge in [-0.05, 0) is 36.8 Å². The molecule has 1 aliphatic rings. The van der Waals surface area contributed by atoms with E-state index in [-0.39, 0.29) is 5.75 Å². The zero-order valence-electron chi connectivity index (χ0n) is 15.5. The smallest absolute Gasteiger partial charge is 0.406 e. The summed E-state index contributed by atoms with van der Waals surface area (Å²) in [5.74, 6) is -0.289. The molecule has 1 aliphatic heterocycles. The van der Waals surface area contributed by atoms with Gasteiger partial charge in [0.15, 0.2) is 0 Å². The molecule has 2 aromatic heterocycles. The summed E-state index contributed by atoms with van der Waals surface area (Å²) >= 11 is 0. The van der Waals surface area contributed by atoms with E-state index >= 15 is 0 Å². The molecular weight excluding hydrogens is 390 g/mol. The Morgan fingerprint density at radius 2 is 1.93 bits per heavy atom. The summed E-state index contributed by atoms with van der Waals surface area (Å²) in [4.78, 5) is 8.29. The maximum Gasteiger partial charge on any atom is 0.573 e. The van der Waals surface area contributed by atoms with Crippen LogP contribution in [0.4, 0.5) is 17.6 Å². The molecule has 0 fully saturated rings. The highest BCUT2D eigenvalue weighted by atomic mass is 19.4. The van der Waals surface area contributed by atoms with Gasteiger partial charge in [-0.1, -0.05) is 0 Å². The van der Waals surface area contributed by atoms with Crippen molar-refractivity contribution in [3.8, 4) is 28.4 Å². The van der Waals surface area contributed by atoms with Crippen LogP contribution in [0.15, 0.2) is 36.5 Å². The van der Waals surface area contributed by atoms with E-state index in [1.807, 2.05) is 4.57 Å². The van der Waals surface area contributed by atoms with Crippen molar-refractivity contribution in [1.82, 2.24) is 14.5 Å². The molecule has 1 aromatic carbocycles. The van der Waals surface area contributed by atoms with Crippen LogP contribution < -0.4 is 4.74 Å². The maximum absolute atomic E-state index is 13.7. The van der Waals surface area contributed by atoms with E-state index in [9.17, 15) is 17.6 Å². The lowest BCUT2D eigenvalue weighted by Gasteiger charge is -2.13. The fourth-order valence-electron chi connectivity index (χ4n) is 3.44. The van der Waals surface area contributed by atoms with Crippen LogP contribution >= 0.6 is 0 Å². The third kappa shape index (κ3) is 4.09. The lowest BCUT2D eigenvalue weighted by Crippen LogP contribution is -2.17. The Morgan fingerprint density at radius 1 is 1.10 bits per heavy atom. The third-order valence-electron chi connectivity index (χ3n) is 4.67. The number of aryl methyl sites for hydroxylation is 1. The van der Waals surface area contributed by atoms with E-state index in [1.165, 1.54) is 24.4 Å². The number of benzene rings is 1. The molecule has 152 valence electrons. The zero-order chi connectivity index (χ0) is 20.6. The molecule has 0 N–H and O–H groups in total. The van der Waals surface area contributed by atoms with E-state index in [0.29, 0.717) is 54.4 Å². The van der Waals surface area contributed by atoms with Gasteiger partial charge in [-0.25, -0.2) is 9.97 Å². The van der Waals surface area contributed by atoms with Gasteiger partial charge in [-0.15, -0.1) is 13.2 Å². The number of fused-ring (bicyclic) bond motifs is 1. The minimum atomic E-state index is -4.76. The molecule has 3 heterocycles. The van der Waals surface area contributed by atoms with Crippen molar-refractivity contribution in [2.75, 3.05) is 13.2 Å². The normalized spacial score (nSPS) is 14.4. The molecule has 0 radical (unpaired) electrons. The Labute approximate surface area is 163 Å². The Kier molecular flexibility index (Phi) is 4.99. The number of hydrogen-bond donors (Lipinski definition) is 0. The predicted octanol–water partition coefficient (Wildman–Crippen LogP) is 4.53. The number of pyridine rings is 1. The first-order chi connectivity index (χ1) is 13.8. The van der Waals surface area contributed by atoms with E-state index in [2.05, 4.69) is 9.72 Å². The summed E-state index contributed by atoms with van der Waals surface area (Å²) in [6.45, 7) is 3.06. The monoisotopic (exact) mass is 407 g/mol. The Morgan fingerprint density at radius 3 is 2.66 bits per heavy atom. The third-order valence-corrected chi connectivity index (χ3v) is 4.67. The Balaban J connectivity index is 1.81. The number of hydrogen-bond acceptors (Lipinski definition) is 4. The number of nitrogens with zero attached hydrogens (tertiary/aromatic N) is 3. The van der Waals surface area contributed by atoms with Crippen molar-refractivity contribution in [2.45, 2.75) is 26.3 Å². The topological polar surface area (TPSA) is 49.2 Å². The summed E-state index contributed by atoms with van der Waals surface area (Å²) in [5, 5.41) is 0. The average molecular weight is 407 g/mol. The number of halogens is 4. The molecule has 0 bridgehead atoms. The van der Waals surface area contributed by atoms with E-state index in [4.69, 9.17) is 9.72 Å². The lowest BCUT2D eigenvalue weighted by molar-refractivity contribution is -0.274. The van der Waals surface area contributed by atoms with Crippen LogP contribution in [0.1, 0.15) is 11.3 Å². The van der Waals surface area contributed by atoms with Crippen molar-refractivity contribution in [3.05, 3.63) is 53.7 Å². The second-order valence-electron chi connectivity index (χ2n) is 6.64. The van der Waals surface area contributed by atoms with Crippen molar-refractivity contribution in [1.29, 1.82) is 0 Å². The zero-order valence-corrected chi connectivity index (χ0v) is 15.5. The number of aromatic nitrogens is 3. The van der Waals surface area contributed by atoms with Crippen LogP contribution in [0.3, 0.4) is 0 Å². The molecule has 0 spiro atoms.